The van der Waals surface area contributed by atoms with Crippen LogP contribution < -0.4 is 16.0 Å². The predicted octanol–water partition coefficient (Wildman–Crippen LogP) is 2.09. The quantitative estimate of drug-likeness (QED) is 0.450. The van der Waals surface area contributed by atoms with Gasteiger partial charge in [0.2, 0.25) is 17.7 Å². The molecule has 3 aliphatic heterocycles. The summed E-state index contributed by atoms with van der Waals surface area (Å²) in [6.45, 7) is 10.5. The van der Waals surface area contributed by atoms with E-state index in [1.165, 1.54) is 4.90 Å². The van der Waals surface area contributed by atoms with Gasteiger partial charge in [-0.2, -0.15) is 5.26 Å². The van der Waals surface area contributed by atoms with E-state index in [1.54, 1.807) is 4.90 Å². The SMILES string of the molecule is CC(C)(C)C(NC(=O)N1CC(F)C2(CC2)C1)C(=O)N1CC2C(C1C(=O)NC(C#N)CC1CC3(CC3)NC1=O)C2(C)C. The Morgan fingerprint density at radius 2 is 1.83 bits per heavy atom. The zero-order valence-corrected chi connectivity index (χ0v) is 24.8. The lowest BCUT2D eigenvalue weighted by Gasteiger charge is -2.38. The molecule has 6 fully saturated rings. The monoisotopic (exact) mass is 570 g/mol. The van der Waals surface area contributed by atoms with Gasteiger partial charge in [-0.25, -0.2) is 9.18 Å². The second-order valence-corrected chi connectivity index (χ2v) is 15.4. The summed E-state index contributed by atoms with van der Waals surface area (Å²) in [6.07, 6.45) is 3.33. The minimum atomic E-state index is -1.05. The van der Waals surface area contributed by atoms with Crippen LogP contribution in [0.4, 0.5) is 9.18 Å². The van der Waals surface area contributed by atoms with E-state index in [2.05, 4.69) is 35.9 Å². The molecule has 7 unspecified atom stereocenters. The number of nitrogens with one attached hydrogen (secondary N) is 3. The number of nitrogens with zero attached hydrogens (tertiary/aromatic N) is 3. The van der Waals surface area contributed by atoms with Crippen LogP contribution in [0.2, 0.25) is 0 Å². The summed E-state index contributed by atoms with van der Waals surface area (Å²) in [6, 6.07) is -0.833. The maximum atomic E-state index is 14.5. The molecule has 11 heteroatoms. The summed E-state index contributed by atoms with van der Waals surface area (Å²) in [5.74, 6) is -1.05. The molecule has 0 aromatic rings. The Bertz CT molecular complexity index is 1210. The Morgan fingerprint density at radius 3 is 2.37 bits per heavy atom. The molecule has 3 heterocycles. The van der Waals surface area contributed by atoms with E-state index in [0.717, 1.165) is 25.7 Å². The molecule has 3 aliphatic carbocycles. The van der Waals surface area contributed by atoms with Gasteiger partial charge in [0.15, 0.2) is 0 Å². The highest BCUT2D eigenvalue weighted by Crippen LogP contribution is 2.65. The fourth-order valence-electron chi connectivity index (χ4n) is 7.89. The number of likely N-dealkylation sites (tertiary alicyclic amines) is 2. The zero-order chi connectivity index (χ0) is 29.7. The van der Waals surface area contributed by atoms with Crippen LogP contribution in [0.25, 0.3) is 0 Å². The molecule has 6 rings (SSSR count). The lowest BCUT2D eigenvalue weighted by molar-refractivity contribution is -0.144. The number of halogens is 1. The van der Waals surface area contributed by atoms with Crippen LogP contribution in [0.5, 0.6) is 0 Å². The van der Waals surface area contributed by atoms with Crippen LogP contribution in [0.3, 0.4) is 0 Å². The Morgan fingerprint density at radius 1 is 1.15 bits per heavy atom. The van der Waals surface area contributed by atoms with Crippen LogP contribution >= 0.6 is 0 Å². The number of nitriles is 1. The molecule has 5 amide bonds. The normalized spacial score (nSPS) is 34.5. The predicted molar refractivity (Wildman–Crippen MR) is 147 cm³/mol. The minimum absolute atomic E-state index is 0.0274. The Kier molecular flexibility index (Phi) is 6.23. The third kappa shape index (κ3) is 4.75. The Balaban J connectivity index is 1.16. The van der Waals surface area contributed by atoms with Crippen molar-refractivity contribution in [3.63, 3.8) is 0 Å². The van der Waals surface area contributed by atoms with Crippen molar-refractivity contribution in [1.29, 1.82) is 5.26 Å². The maximum Gasteiger partial charge on any atom is 0.318 e. The molecule has 3 N–H and O–H groups in total. The molecule has 3 saturated heterocycles. The summed E-state index contributed by atoms with van der Waals surface area (Å²) in [7, 11) is 0. The van der Waals surface area contributed by atoms with E-state index in [-0.39, 0.29) is 53.5 Å². The number of rotatable bonds is 6. The number of hydrogen-bond donors (Lipinski definition) is 3. The highest BCUT2D eigenvalue weighted by Gasteiger charge is 2.70. The zero-order valence-electron chi connectivity index (χ0n) is 24.8. The molecule has 0 radical (unpaired) electrons. The van der Waals surface area contributed by atoms with Crippen LogP contribution in [-0.4, -0.2) is 83.0 Å². The van der Waals surface area contributed by atoms with E-state index >= 15 is 0 Å². The molecule has 0 aromatic carbocycles. The first-order valence-electron chi connectivity index (χ1n) is 15.1. The molecule has 7 atom stereocenters. The number of fused-ring (bicyclic) bond motifs is 1. The molecule has 10 nitrogen and oxygen atoms in total. The number of alkyl halides is 1. The fourth-order valence-corrected chi connectivity index (χ4v) is 7.89. The van der Waals surface area contributed by atoms with Crippen molar-refractivity contribution in [1.82, 2.24) is 25.8 Å². The first kappa shape index (κ1) is 28.2. The molecule has 0 aromatic heterocycles. The van der Waals surface area contributed by atoms with Crippen LogP contribution in [0.1, 0.15) is 73.1 Å². The molecule has 224 valence electrons. The van der Waals surface area contributed by atoms with E-state index in [9.17, 15) is 28.8 Å². The summed E-state index contributed by atoms with van der Waals surface area (Å²) in [4.78, 5) is 56.6. The summed E-state index contributed by atoms with van der Waals surface area (Å²) < 4.78 is 14.5. The second-order valence-electron chi connectivity index (χ2n) is 15.4. The highest BCUT2D eigenvalue weighted by molar-refractivity contribution is 5.94. The van der Waals surface area contributed by atoms with E-state index in [4.69, 9.17) is 0 Å². The number of carbonyl (C=O) groups excluding carboxylic acids is 4. The first-order valence-corrected chi connectivity index (χ1v) is 15.1. The average Bonchev–Trinajstić information content (AvgIpc) is 3.80. The van der Waals surface area contributed by atoms with Crippen molar-refractivity contribution in [3.05, 3.63) is 0 Å². The largest absolute Gasteiger partial charge is 0.350 e. The number of amides is 5. The first-order chi connectivity index (χ1) is 19.1. The number of carbonyl (C=O) groups is 4. The highest BCUT2D eigenvalue weighted by atomic mass is 19.1. The third-order valence-electron chi connectivity index (χ3n) is 11.1. The van der Waals surface area contributed by atoms with Gasteiger partial charge in [-0.15, -0.1) is 0 Å². The Hall–Kier alpha value is -2.90. The standard InChI is InChI=1S/C30H43FN6O4/c1-27(2,3)22(34-26(41)36-14-19(31)29(15-36)6-7-29)25(40)37-13-18-20(28(18,4)5)21(37)24(39)33-17(12-32)10-16-11-30(8-9-30)35-23(16)38/h16-22H,6-11,13-15H2,1-5H3,(H,33,39)(H,34,41)(H,35,38). The number of hydrogen-bond acceptors (Lipinski definition) is 5. The number of urea groups is 1. The maximum absolute atomic E-state index is 14.5. The minimum Gasteiger partial charge on any atom is -0.350 e. The summed E-state index contributed by atoms with van der Waals surface area (Å²) in [5, 5.41) is 18.7. The molecule has 0 bridgehead atoms. The summed E-state index contributed by atoms with van der Waals surface area (Å²) >= 11 is 0. The van der Waals surface area contributed by atoms with Gasteiger partial charge in [0.1, 0.15) is 24.3 Å². The third-order valence-corrected chi connectivity index (χ3v) is 11.1. The van der Waals surface area contributed by atoms with Crippen molar-refractivity contribution in [2.75, 3.05) is 19.6 Å². The van der Waals surface area contributed by atoms with Gasteiger partial charge >= 0.3 is 6.03 Å². The van der Waals surface area contributed by atoms with Gasteiger partial charge in [0, 0.05) is 30.0 Å². The average molecular weight is 571 g/mol. The van der Waals surface area contributed by atoms with Gasteiger partial charge < -0.3 is 25.8 Å². The van der Waals surface area contributed by atoms with E-state index in [0.29, 0.717) is 19.5 Å². The Labute approximate surface area is 241 Å². The smallest absolute Gasteiger partial charge is 0.318 e. The van der Waals surface area contributed by atoms with Crippen molar-refractivity contribution < 1.29 is 23.6 Å². The molecule has 2 spiro atoms. The topological polar surface area (TPSA) is 135 Å². The molecule has 3 saturated carbocycles. The van der Waals surface area contributed by atoms with Gasteiger partial charge in [-0.05, 0) is 61.2 Å². The van der Waals surface area contributed by atoms with E-state index < -0.39 is 47.1 Å². The van der Waals surface area contributed by atoms with Crippen LogP contribution in [0.15, 0.2) is 0 Å². The van der Waals surface area contributed by atoms with Crippen molar-refractivity contribution in [2.24, 2.45) is 34.0 Å². The van der Waals surface area contributed by atoms with Gasteiger partial charge in [-0.1, -0.05) is 34.6 Å². The van der Waals surface area contributed by atoms with Crippen molar-refractivity contribution in [3.8, 4) is 6.07 Å². The van der Waals surface area contributed by atoms with Gasteiger partial charge in [0.05, 0.1) is 12.6 Å². The van der Waals surface area contributed by atoms with E-state index in [1.807, 2.05) is 20.8 Å². The fraction of sp³-hybridized carbons (Fsp3) is 0.833. The van der Waals surface area contributed by atoms with Gasteiger partial charge in [0.25, 0.3) is 0 Å². The molecule has 6 aliphatic rings. The lowest BCUT2D eigenvalue weighted by atomic mass is 9.85. The second kappa shape index (κ2) is 9.05. The molecule has 41 heavy (non-hydrogen) atoms. The lowest BCUT2D eigenvalue weighted by Crippen LogP contribution is -2.61. The van der Waals surface area contributed by atoms with Crippen LogP contribution in [0, 0.1) is 45.3 Å². The van der Waals surface area contributed by atoms with Gasteiger partial charge in [-0.3, -0.25) is 14.4 Å². The van der Waals surface area contributed by atoms with Crippen molar-refractivity contribution >= 4 is 23.8 Å². The molecular weight excluding hydrogens is 527 g/mol. The number of piperidine rings is 1. The molecular formula is C30H43FN6O4. The van der Waals surface area contributed by atoms with Crippen molar-refractivity contribution in [2.45, 2.75) is 103 Å². The summed E-state index contributed by atoms with van der Waals surface area (Å²) in [5.41, 5.74) is -1.32. The van der Waals surface area contributed by atoms with Crippen LogP contribution in [-0.2, 0) is 14.4 Å².